The Morgan fingerprint density at radius 1 is 1.32 bits per heavy atom. The van der Waals surface area contributed by atoms with Crippen molar-refractivity contribution in [3.8, 4) is 0 Å². The summed E-state index contributed by atoms with van der Waals surface area (Å²) in [5.41, 5.74) is 5.12. The minimum Gasteiger partial charge on any atom is -0.372 e. The predicted octanol–water partition coefficient (Wildman–Crippen LogP) is 3.79. The van der Waals surface area contributed by atoms with Crippen molar-refractivity contribution < 1.29 is 4.74 Å². The number of thiophene rings is 1. The van der Waals surface area contributed by atoms with Gasteiger partial charge in [-0.05, 0) is 39.4 Å². The zero-order valence-electron chi connectivity index (χ0n) is 10.7. The molecule has 0 amide bonds. The Labute approximate surface area is 125 Å². The molecule has 0 fully saturated rings. The van der Waals surface area contributed by atoms with E-state index in [0.717, 1.165) is 15.6 Å². The number of benzene rings is 1. The second kappa shape index (κ2) is 7.17. The van der Waals surface area contributed by atoms with Crippen LogP contribution in [0.1, 0.15) is 30.2 Å². The molecule has 0 saturated carbocycles. The molecule has 0 saturated heterocycles. The highest BCUT2D eigenvalue weighted by Gasteiger charge is 2.26. The van der Waals surface area contributed by atoms with E-state index >= 15 is 0 Å². The van der Waals surface area contributed by atoms with Crippen molar-refractivity contribution in [3.05, 3.63) is 56.7 Å². The summed E-state index contributed by atoms with van der Waals surface area (Å²) in [6.07, 6.45) is -0.109. The van der Waals surface area contributed by atoms with E-state index in [0.29, 0.717) is 6.61 Å². The summed E-state index contributed by atoms with van der Waals surface area (Å²) in [4.78, 5) is 0. The second-order valence-electron chi connectivity index (χ2n) is 4.11. The average molecular weight is 341 g/mol. The van der Waals surface area contributed by atoms with Crippen molar-refractivity contribution in [2.24, 2.45) is 5.84 Å². The molecular weight excluding hydrogens is 324 g/mol. The van der Waals surface area contributed by atoms with Crippen molar-refractivity contribution >= 4 is 27.3 Å². The molecule has 3 N–H and O–H groups in total. The molecule has 2 atom stereocenters. The summed E-state index contributed by atoms with van der Waals surface area (Å²) >= 11 is 5.20. The number of ether oxygens (including phenoxy) is 1. The first-order valence-corrected chi connectivity index (χ1v) is 7.85. The number of hydrogen-bond donors (Lipinski definition) is 2. The Kier molecular flexibility index (Phi) is 5.54. The van der Waals surface area contributed by atoms with Gasteiger partial charge in [-0.3, -0.25) is 5.84 Å². The van der Waals surface area contributed by atoms with Gasteiger partial charge in [0.05, 0.1) is 6.04 Å². The van der Waals surface area contributed by atoms with Gasteiger partial charge < -0.3 is 4.74 Å². The van der Waals surface area contributed by atoms with E-state index in [1.165, 1.54) is 0 Å². The molecule has 0 aliphatic carbocycles. The van der Waals surface area contributed by atoms with E-state index < -0.39 is 0 Å². The lowest BCUT2D eigenvalue weighted by molar-refractivity contribution is 0.0326. The molecular formula is C14H17BrN2OS. The molecule has 102 valence electrons. The third-order valence-corrected chi connectivity index (χ3v) is 4.69. The molecule has 19 heavy (non-hydrogen) atoms. The minimum absolute atomic E-state index is 0.0806. The third kappa shape index (κ3) is 3.43. The van der Waals surface area contributed by atoms with Gasteiger partial charge >= 0.3 is 0 Å². The monoisotopic (exact) mass is 340 g/mol. The largest absolute Gasteiger partial charge is 0.372 e. The molecule has 0 spiro atoms. The van der Waals surface area contributed by atoms with Crippen LogP contribution in [-0.2, 0) is 4.74 Å². The molecule has 0 aliphatic heterocycles. The third-order valence-electron chi connectivity index (χ3n) is 2.93. The SMILES string of the molecule is CCOC(c1ccccc1)C(NN)c1cscc1Br. The molecule has 0 radical (unpaired) electrons. The Balaban J connectivity index is 2.34. The Morgan fingerprint density at radius 2 is 2.05 bits per heavy atom. The highest BCUT2D eigenvalue weighted by atomic mass is 79.9. The van der Waals surface area contributed by atoms with E-state index in [9.17, 15) is 0 Å². The van der Waals surface area contributed by atoms with Crippen LogP contribution in [0.4, 0.5) is 0 Å². The Morgan fingerprint density at radius 3 is 2.58 bits per heavy atom. The van der Waals surface area contributed by atoms with Gasteiger partial charge in [-0.25, -0.2) is 5.43 Å². The van der Waals surface area contributed by atoms with Gasteiger partial charge in [0, 0.05) is 16.5 Å². The van der Waals surface area contributed by atoms with Crippen molar-refractivity contribution in [2.75, 3.05) is 6.61 Å². The number of rotatable bonds is 6. The summed E-state index contributed by atoms with van der Waals surface area (Å²) in [6.45, 7) is 2.63. The normalized spacial score (nSPS) is 14.3. The van der Waals surface area contributed by atoms with Crippen LogP contribution in [0.2, 0.25) is 0 Å². The summed E-state index contributed by atoms with van der Waals surface area (Å²) in [6, 6.07) is 10.1. The van der Waals surface area contributed by atoms with Crippen LogP contribution in [0.5, 0.6) is 0 Å². The summed E-state index contributed by atoms with van der Waals surface area (Å²) in [7, 11) is 0. The molecule has 1 heterocycles. The smallest absolute Gasteiger partial charge is 0.103 e. The summed E-state index contributed by atoms with van der Waals surface area (Å²) in [5, 5.41) is 4.14. The van der Waals surface area contributed by atoms with E-state index in [4.69, 9.17) is 10.6 Å². The van der Waals surface area contributed by atoms with Crippen molar-refractivity contribution in [3.63, 3.8) is 0 Å². The number of hydrogen-bond acceptors (Lipinski definition) is 4. The van der Waals surface area contributed by atoms with Gasteiger partial charge in [-0.2, -0.15) is 11.3 Å². The quantitative estimate of drug-likeness (QED) is 0.621. The number of halogens is 1. The Hall–Kier alpha value is -0.720. The molecule has 5 heteroatoms. The fourth-order valence-corrected chi connectivity index (χ4v) is 3.64. The van der Waals surface area contributed by atoms with Gasteiger partial charge in [0.15, 0.2) is 0 Å². The maximum absolute atomic E-state index is 5.90. The summed E-state index contributed by atoms with van der Waals surface area (Å²) in [5.74, 6) is 5.76. The van der Waals surface area contributed by atoms with Crippen LogP contribution in [-0.4, -0.2) is 6.61 Å². The van der Waals surface area contributed by atoms with E-state index in [1.54, 1.807) is 11.3 Å². The number of nitrogens with one attached hydrogen (secondary N) is 1. The van der Waals surface area contributed by atoms with Crippen LogP contribution >= 0.6 is 27.3 Å². The maximum atomic E-state index is 5.90. The highest BCUT2D eigenvalue weighted by Crippen LogP contribution is 2.36. The zero-order chi connectivity index (χ0) is 13.7. The fourth-order valence-electron chi connectivity index (χ4n) is 2.06. The topological polar surface area (TPSA) is 47.3 Å². The molecule has 2 aromatic rings. The molecule has 2 rings (SSSR count). The lowest BCUT2D eigenvalue weighted by atomic mass is 9.98. The standard InChI is InChI=1S/C14H17BrN2OS/c1-2-18-14(10-6-4-3-5-7-10)13(17-16)11-8-19-9-12(11)15/h3-9,13-14,17H,2,16H2,1H3. The molecule has 2 unspecified atom stereocenters. The first-order chi connectivity index (χ1) is 9.27. The first-order valence-electron chi connectivity index (χ1n) is 6.12. The lowest BCUT2D eigenvalue weighted by Gasteiger charge is -2.27. The van der Waals surface area contributed by atoms with Gasteiger partial charge in [-0.1, -0.05) is 30.3 Å². The zero-order valence-corrected chi connectivity index (χ0v) is 13.1. The molecule has 1 aromatic carbocycles. The molecule has 0 bridgehead atoms. The summed E-state index contributed by atoms with van der Waals surface area (Å²) < 4.78 is 6.96. The van der Waals surface area contributed by atoms with Gasteiger partial charge in [0.2, 0.25) is 0 Å². The molecule has 0 aliphatic rings. The van der Waals surface area contributed by atoms with Crippen molar-refractivity contribution in [1.82, 2.24) is 5.43 Å². The second-order valence-corrected chi connectivity index (χ2v) is 5.70. The van der Waals surface area contributed by atoms with Gasteiger partial charge in [0.1, 0.15) is 6.10 Å². The number of hydrazine groups is 1. The van der Waals surface area contributed by atoms with Crippen LogP contribution in [0.25, 0.3) is 0 Å². The van der Waals surface area contributed by atoms with Crippen LogP contribution < -0.4 is 11.3 Å². The lowest BCUT2D eigenvalue weighted by Crippen LogP contribution is -2.33. The van der Waals surface area contributed by atoms with Crippen molar-refractivity contribution in [1.29, 1.82) is 0 Å². The van der Waals surface area contributed by atoms with E-state index in [1.807, 2.05) is 30.5 Å². The maximum Gasteiger partial charge on any atom is 0.103 e. The van der Waals surface area contributed by atoms with Gasteiger partial charge in [0.25, 0.3) is 0 Å². The van der Waals surface area contributed by atoms with Crippen LogP contribution in [0.15, 0.2) is 45.6 Å². The van der Waals surface area contributed by atoms with E-state index in [2.05, 4.69) is 38.9 Å². The fraction of sp³-hybridized carbons (Fsp3) is 0.286. The first kappa shape index (κ1) is 14.7. The van der Waals surface area contributed by atoms with Crippen LogP contribution in [0, 0.1) is 0 Å². The predicted molar refractivity (Wildman–Crippen MR) is 82.9 cm³/mol. The average Bonchev–Trinajstić information content (AvgIpc) is 2.86. The molecule has 1 aromatic heterocycles. The highest BCUT2D eigenvalue weighted by molar-refractivity contribution is 9.10. The van der Waals surface area contributed by atoms with Crippen LogP contribution in [0.3, 0.4) is 0 Å². The molecule has 3 nitrogen and oxygen atoms in total. The minimum atomic E-state index is -0.109. The Bertz CT molecular complexity index is 503. The van der Waals surface area contributed by atoms with Crippen molar-refractivity contribution in [2.45, 2.75) is 19.1 Å². The number of nitrogens with two attached hydrogens (primary N) is 1. The van der Waals surface area contributed by atoms with Gasteiger partial charge in [-0.15, -0.1) is 0 Å². The van der Waals surface area contributed by atoms with E-state index in [-0.39, 0.29) is 12.1 Å².